The molecule has 0 unspecified atom stereocenters. The summed E-state index contributed by atoms with van der Waals surface area (Å²) in [5.74, 6) is -3.11. The maximum atomic E-state index is 13.3. The number of fused-ring (bicyclic) bond motifs is 2. The van der Waals surface area contributed by atoms with Gasteiger partial charge in [-0.25, -0.2) is 9.18 Å². The second kappa shape index (κ2) is 10.6. The smallest absolute Gasteiger partial charge is 0.475 e. The number of nitrogens with one attached hydrogen (secondary N) is 2. The van der Waals surface area contributed by atoms with Gasteiger partial charge in [-0.05, 0) is 61.0 Å². The summed E-state index contributed by atoms with van der Waals surface area (Å²) in [6.07, 6.45) is -4.01. The summed E-state index contributed by atoms with van der Waals surface area (Å²) in [7, 11) is 0. The average Bonchev–Trinajstić information content (AvgIpc) is 2.79. The van der Waals surface area contributed by atoms with Crippen LogP contribution in [0.2, 0.25) is 0 Å². The number of aromatic amines is 1. The molecule has 0 saturated heterocycles. The number of aliphatic carboxylic acids is 1. The van der Waals surface area contributed by atoms with Crippen molar-refractivity contribution in [3.8, 4) is 0 Å². The molecular formula is C25H27F4N3O3. The van der Waals surface area contributed by atoms with Gasteiger partial charge in [-0.2, -0.15) is 13.2 Å². The Kier molecular flexibility index (Phi) is 7.97. The monoisotopic (exact) mass is 493 g/mol. The van der Waals surface area contributed by atoms with E-state index in [-0.39, 0.29) is 16.9 Å². The molecule has 0 radical (unpaired) electrons. The Labute approximate surface area is 199 Å². The van der Waals surface area contributed by atoms with Gasteiger partial charge in [0.15, 0.2) is 0 Å². The second-order valence-corrected chi connectivity index (χ2v) is 9.01. The van der Waals surface area contributed by atoms with Crippen molar-refractivity contribution in [1.82, 2.24) is 15.2 Å². The zero-order valence-electron chi connectivity index (χ0n) is 19.4. The van der Waals surface area contributed by atoms with Crippen molar-refractivity contribution in [2.45, 2.75) is 45.1 Å². The molecule has 10 heteroatoms. The highest BCUT2D eigenvalue weighted by Crippen LogP contribution is 2.25. The topological polar surface area (TPSA) is 85.4 Å². The Bertz CT molecular complexity index is 1250. The standard InChI is InChI=1S/C23H26FN3O.C2HF3O2/c1-23(2,27-10-9-16-5-3-4-6-18(16)14-27)15-25-13-19-11-17-7-8-20(24)12-21(17)26-22(19)28;3-2(4,5)1(6)7/h3-8,11-12,25H,9-10,13-15H2,1-2H3,(H,26,28);(H,6,7). The number of alkyl halides is 3. The van der Waals surface area contributed by atoms with Crippen LogP contribution in [0, 0.1) is 5.82 Å². The van der Waals surface area contributed by atoms with Crippen LogP contribution in [-0.4, -0.2) is 45.8 Å². The molecule has 3 N–H and O–H groups in total. The molecule has 0 spiro atoms. The number of halogens is 4. The minimum Gasteiger partial charge on any atom is -0.475 e. The normalized spacial score (nSPS) is 14.2. The molecule has 0 aliphatic carbocycles. The summed E-state index contributed by atoms with van der Waals surface area (Å²) >= 11 is 0. The summed E-state index contributed by atoms with van der Waals surface area (Å²) < 4.78 is 45.1. The maximum Gasteiger partial charge on any atom is 0.490 e. The summed E-state index contributed by atoms with van der Waals surface area (Å²) in [5.41, 5.74) is 3.84. The third kappa shape index (κ3) is 6.89. The summed E-state index contributed by atoms with van der Waals surface area (Å²) in [5, 5.41) is 11.4. The lowest BCUT2D eigenvalue weighted by molar-refractivity contribution is -0.192. The van der Waals surface area contributed by atoms with E-state index in [1.807, 2.05) is 6.07 Å². The fourth-order valence-electron chi connectivity index (χ4n) is 3.98. The Hall–Kier alpha value is -3.24. The fraction of sp³-hybridized carbons (Fsp3) is 0.360. The minimum atomic E-state index is -5.08. The first kappa shape index (κ1) is 26.4. The number of aromatic nitrogens is 1. The number of carboxylic acid groups (broad SMARTS) is 1. The molecule has 1 aliphatic heterocycles. The largest absolute Gasteiger partial charge is 0.490 e. The van der Waals surface area contributed by atoms with Gasteiger partial charge in [0.2, 0.25) is 0 Å². The zero-order valence-corrected chi connectivity index (χ0v) is 19.4. The predicted molar refractivity (Wildman–Crippen MR) is 125 cm³/mol. The Morgan fingerprint density at radius 3 is 2.43 bits per heavy atom. The lowest BCUT2D eigenvalue weighted by Gasteiger charge is -2.41. The summed E-state index contributed by atoms with van der Waals surface area (Å²) in [6.45, 7) is 7.72. The predicted octanol–water partition coefficient (Wildman–Crippen LogP) is 4.23. The summed E-state index contributed by atoms with van der Waals surface area (Å²) in [4.78, 5) is 26.5. The Morgan fingerprint density at radius 2 is 1.77 bits per heavy atom. The lowest BCUT2D eigenvalue weighted by atomic mass is 9.94. The molecule has 1 aliphatic rings. The number of pyridine rings is 1. The molecule has 3 aromatic rings. The van der Waals surface area contributed by atoms with Crippen LogP contribution in [0.1, 0.15) is 30.5 Å². The van der Waals surface area contributed by atoms with Crippen molar-refractivity contribution in [1.29, 1.82) is 0 Å². The molecule has 0 atom stereocenters. The molecule has 2 heterocycles. The van der Waals surface area contributed by atoms with Crippen molar-refractivity contribution in [3.05, 3.63) is 81.4 Å². The van der Waals surface area contributed by atoms with Gasteiger partial charge in [-0.1, -0.05) is 24.3 Å². The van der Waals surface area contributed by atoms with Crippen LogP contribution in [0.5, 0.6) is 0 Å². The molecule has 2 aromatic carbocycles. The van der Waals surface area contributed by atoms with Gasteiger partial charge >= 0.3 is 12.1 Å². The molecule has 35 heavy (non-hydrogen) atoms. The highest BCUT2D eigenvalue weighted by Gasteiger charge is 2.38. The van der Waals surface area contributed by atoms with Crippen LogP contribution in [0.3, 0.4) is 0 Å². The van der Waals surface area contributed by atoms with Crippen LogP contribution < -0.4 is 10.9 Å². The molecular weight excluding hydrogens is 466 g/mol. The van der Waals surface area contributed by atoms with Crippen molar-refractivity contribution >= 4 is 16.9 Å². The average molecular weight is 494 g/mol. The van der Waals surface area contributed by atoms with Gasteiger partial charge in [0.1, 0.15) is 5.82 Å². The van der Waals surface area contributed by atoms with E-state index in [0.29, 0.717) is 17.6 Å². The van der Waals surface area contributed by atoms with Gasteiger partial charge in [0.25, 0.3) is 5.56 Å². The highest BCUT2D eigenvalue weighted by molar-refractivity contribution is 5.78. The van der Waals surface area contributed by atoms with E-state index in [1.54, 1.807) is 6.07 Å². The van der Waals surface area contributed by atoms with Crippen LogP contribution in [0.4, 0.5) is 17.6 Å². The number of H-pyrrole nitrogens is 1. The van der Waals surface area contributed by atoms with Crippen LogP contribution in [-0.2, 0) is 24.3 Å². The molecule has 4 rings (SSSR count). The number of hydrogen-bond acceptors (Lipinski definition) is 4. The number of hydrogen-bond donors (Lipinski definition) is 3. The SMILES string of the molecule is CC(C)(CNCc1cc2ccc(F)cc2[nH]c1=O)N1CCc2ccccc2C1.O=C(O)C(F)(F)F. The van der Waals surface area contributed by atoms with Gasteiger partial charge in [0, 0.05) is 37.3 Å². The van der Waals surface area contributed by atoms with E-state index in [9.17, 15) is 22.4 Å². The number of carbonyl (C=O) groups is 1. The van der Waals surface area contributed by atoms with Crippen LogP contribution >= 0.6 is 0 Å². The second-order valence-electron chi connectivity index (χ2n) is 9.01. The first-order valence-electron chi connectivity index (χ1n) is 11.0. The lowest BCUT2D eigenvalue weighted by Crippen LogP contribution is -2.52. The van der Waals surface area contributed by atoms with Crippen molar-refractivity contribution in [2.75, 3.05) is 13.1 Å². The van der Waals surface area contributed by atoms with E-state index < -0.39 is 12.1 Å². The zero-order chi connectivity index (χ0) is 25.8. The number of nitrogens with zero attached hydrogens (tertiary/aromatic N) is 1. The van der Waals surface area contributed by atoms with E-state index in [4.69, 9.17) is 9.90 Å². The van der Waals surface area contributed by atoms with E-state index >= 15 is 0 Å². The van der Waals surface area contributed by atoms with E-state index in [2.05, 4.69) is 53.3 Å². The molecule has 6 nitrogen and oxygen atoms in total. The number of benzene rings is 2. The van der Waals surface area contributed by atoms with Gasteiger partial charge in [0.05, 0.1) is 5.52 Å². The van der Waals surface area contributed by atoms with Crippen molar-refractivity contribution < 1.29 is 27.5 Å². The molecule has 188 valence electrons. The molecule has 0 fully saturated rings. The first-order chi connectivity index (χ1) is 16.4. The first-order valence-corrected chi connectivity index (χ1v) is 11.0. The van der Waals surface area contributed by atoms with Gasteiger partial charge in [-0.3, -0.25) is 9.69 Å². The minimum absolute atomic E-state index is 0.0275. The molecule has 1 aromatic heterocycles. The van der Waals surface area contributed by atoms with Crippen LogP contribution in [0.15, 0.2) is 53.3 Å². The highest BCUT2D eigenvalue weighted by atomic mass is 19.4. The maximum absolute atomic E-state index is 13.3. The van der Waals surface area contributed by atoms with Crippen molar-refractivity contribution in [2.24, 2.45) is 0 Å². The molecule has 0 saturated carbocycles. The van der Waals surface area contributed by atoms with Gasteiger partial charge in [-0.15, -0.1) is 0 Å². The van der Waals surface area contributed by atoms with Gasteiger partial charge < -0.3 is 15.4 Å². The third-order valence-corrected chi connectivity index (χ3v) is 5.99. The summed E-state index contributed by atoms with van der Waals surface area (Å²) in [6, 6.07) is 14.9. The van der Waals surface area contributed by atoms with E-state index in [0.717, 1.165) is 31.4 Å². The number of carboxylic acids is 1. The van der Waals surface area contributed by atoms with E-state index in [1.165, 1.54) is 23.3 Å². The fourth-order valence-corrected chi connectivity index (χ4v) is 3.98. The quantitative estimate of drug-likeness (QED) is 0.464. The number of rotatable bonds is 5. The Balaban J connectivity index is 0.000000429. The van der Waals surface area contributed by atoms with Crippen molar-refractivity contribution in [3.63, 3.8) is 0 Å². The molecule has 0 amide bonds. The van der Waals surface area contributed by atoms with Crippen LogP contribution in [0.25, 0.3) is 10.9 Å². The third-order valence-electron chi connectivity index (χ3n) is 5.99. The Morgan fingerprint density at radius 1 is 1.11 bits per heavy atom. The molecule has 0 bridgehead atoms.